The number of carbonyl (C=O) groups excluding carboxylic acids is 1. The Morgan fingerprint density at radius 1 is 1.00 bits per heavy atom. The van der Waals surface area contributed by atoms with Crippen molar-refractivity contribution in [3.8, 4) is 11.6 Å². The van der Waals surface area contributed by atoms with Crippen LogP contribution in [0.25, 0.3) is 0 Å². The van der Waals surface area contributed by atoms with Gasteiger partial charge in [0.25, 0.3) is 5.91 Å². The predicted octanol–water partition coefficient (Wildman–Crippen LogP) is 4.08. The monoisotopic (exact) mass is 340 g/mol. The van der Waals surface area contributed by atoms with Crippen molar-refractivity contribution < 1.29 is 18.3 Å². The van der Waals surface area contributed by atoms with Crippen LogP contribution in [0.1, 0.15) is 15.9 Å². The second-order valence-corrected chi connectivity index (χ2v) is 5.23. The lowest BCUT2D eigenvalue weighted by molar-refractivity contribution is 0.0950. The topological polar surface area (TPSA) is 51.2 Å². The molecule has 2 aromatic carbocycles. The van der Waals surface area contributed by atoms with Crippen LogP contribution in [0.2, 0.25) is 0 Å². The zero-order valence-electron chi connectivity index (χ0n) is 13.1. The molecule has 1 N–H and O–H groups in total. The Bertz CT molecular complexity index is 886. The molecule has 1 heterocycles. The van der Waals surface area contributed by atoms with Gasteiger partial charge in [-0.15, -0.1) is 0 Å². The van der Waals surface area contributed by atoms with Gasteiger partial charge in [-0.2, -0.15) is 0 Å². The van der Waals surface area contributed by atoms with Gasteiger partial charge in [0.2, 0.25) is 5.88 Å². The average Bonchev–Trinajstić information content (AvgIpc) is 2.63. The highest BCUT2D eigenvalue weighted by atomic mass is 19.2. The minimum absolute atomic E-state index is 0.0554. The molecule has 1 aromatic heterocycles. The third-order valence-electron chi connectivity index (χ3n) is 3.39. The third kappa shape index (κ3) is 4.38. The number of halogens is 2. The van der Waals surface area contributed by atoms with E-state index in [-0.39, 0.29) is 12.1 Å². The average molecular weight is 340 g/mol. The van der Waals surface area contributed by atoms with Gasteiger partial charge >= 0.3 is 0 Å². The van der Waals surface area contributed by atoms with Gasteiger partial charge in [-0.25, -0.2) is 13.8 Å². The number of aromatic nitrogens is 1. The minimum Gasteiger partial charge on any atom is -0.439 e. The van der Waals surface area contributed by atoms with E-state index in [0.29, 0.717) is 11.6 Å². The van der Waals surface area contributed by atoms with E-state index in [1.807, 2.05) is 12.1 Å². The van der Waals surface area contributed by atoms with E-state index in [1.54, 1.807) is 36.5 Å². The largest absolute Gasteiger partial charge is 0.439 e. The quantitative estimate of drug-likeness (QED) is 0.761. The maximum atomic E-state index is 13.2. The van der Waals surface area contributed by atoms with Gasteiger partial charge in [0.05, 0.1) is 0 Å². The van der Waals surface area contributed by atoms with Crippen LogP contribution in [-0.2, 0) is 6.54 Å². The van der Waals surface area contributed by atoms with E-state index in [2.05, 4.69) is 10.3 Å². The fourth-order valence-electron chi connectivity index (χ4n) is 2.17. The van der Waals surface area contributed by atoms with E-state index in [9.17, 15) is 13.6 Å². The molecule has 0 saturated heterocycles. The Morgan fingerprint density at radius 3 is 2.64 bits per heavy atom. The smallest absolute Gasteiger partial charge is 0.251 e. The lowest BCUT2D eigenvalue weighted by Crippen LogP contribution is -2.23. The maximum Gasteiger partial charge on any atom is 0.251 e. The van der Waals surface area contributed by atoms with Crippen LogP contribution in [0.5, 0.6) is 11.6 Å². The van der Waals surface area contributed by atoms with E-state index in [4.69, 9.17) is 4.74 Å². The van der Waals surface area contributed by atoms with E-state index < -0.39 is 17.5 Å². The molecule has 0 bridgehead atoms. The summed E-state index contributed by atoms with van der Waals surface area (Å²) in [4.78, 5) is 16.1. The lowest BCUT2D eigenvalue weighted by atomic mass is 10.2. The Kier molecular flexibility index (Phi) is 4.99. The summed E-state index contributed by atoms with van der Waals surface area (Å²) in [5.41, 5.74) is 0.851. The second-order valence-electron chi connectivity index (χ2n) is 5.23. The first kappa shape index (κ1) is 16.6. The molecule has 0 aliphatic heterocycles. The van der Waals surface area contributed by atoms with E-state index in [0.717, 1.165) is 17.7 Å². The molecule has 4 nitrogen and oxygen atoms in total. The number of hydrogen-bond donors (Lipinski definition) is 1. The first-order chi connectivity index (χ1) is 12.1. The molecule has 0 fully saturated rings. The zero-order chi connectivity index (χ0) is 17.6. The molecule has 0 aliphatic carbocycles. The van der Waals surface area contributed by atoms with Gasteiger partial charge in [0, 0.05) is 24.4 Å². The molecular formula is C19H14F2N2O2. The molecule has 1 amide bonds. The Morgan fingerprint density at radius 2 is 1.88 bits per heavy atom. The number of nitrogens with one attached hydrogen (secondary N) is 1. The summed E-state index contributed by atoms with van der Waals surface area (Å²) in [6.45, 7) is 0.219. The summed E-state index contributed by atoms with van der Waals surface area (Å²) in [6, 6.07) is 15.5. The SMILES string of the molecule is O=C(NCc1cccc(Oc2ccccn2)c1)c1ccc(F)c(F)c1. The van der Waals surface area contributed by atoms with Crippen LogP contribution < -0.4 is 10.1 Å². The number of amides is 1. The lowest BCUT2D eigenvalue weighted by Gasteiger charge is -2.08. The molecule has 0 radical (unpaired) electrons. The van der Waals surface area contributed by atoms with Crippen molar-refractivity contribution in [3.05, 3.63) is 89.6 Å². The van der Waals surface area contributed by atoms with Crippen LogP contribution in [0.4, 0.5) is 8.78 Å². The molecule has 0 aliphatic rings. The Labute approximate surface area is 143 Å². The van der Waals surface area contributed by atoms with Gasteiger partial charge in [0.1, 0.15) is 5.75 Å². The number of pyridine rings is 1. The van der Waals surface area contributed by atoms with Crippen molar-refractivity contribution in [2.75, 3.05) is 0 Å². The van der Waals surface area contributed by atoms with Crippen LogP contribution in [0.15, 0.2) is 66.9 Å². The summed E-state index contributed by atoms with van der Waals surface area (Å²) >= 11 is 0. The molecule has 0 spiro atoms. The van der Waals surface area contributed by atoms with E-state index in [1.165, 1.54) is 6.07 Å². The molecule has 0 atom stereocenters. The van der Waals surface area contributed by atoms with Crippen molar-refractivity contribution >= 4 is 5.91 Å². The van der Waals surface area contributed by atoms with Gasteiger partial charge < -0.3 is 10.1 Å². The second kappa shape index (κ2) is 7.53. The van der Waals surface area contributed by atoms with Crippen LogP contribution in [-0.4, -0.2) is 10.9 Å². The van der Waals surface area contributed by atoms with Crippen molar-refractivity contribution in [1.29, 1.82) is 0 Å². The summed E-state index contributed by atoms with van der Waals surface area (Å²) < 4.78 is 31.7. The molecule has 0 saturated carbocycles. The fourth-order valence-corrected chi connectivity index (χ4v) is 2.17. The molecule has 3 rings (SSSR count). The molecule has 3 aromatic rings. The number of rotatable bonds is 5. The van der Waals surface area contributed by atoms with Crippen molar-refractivity contribution in [3.63, 3.8) is 0 Å². The van der Waals surface area contributed by atoms with Gasteiger partial charge in [-0.3, -0.25) is 4.79 Å². The first-order valence-electron chi connectivity index (χ1n) is 7.53. The van der Waals surface area contributed by atoms with Crippen molar-refractivity contribution in [2.45, 2.75) is 6.54 Å². The summed E-state index contributed by atoms with van der Waals surface area (Å²) in [5.74, 6) is -1.49. The Hall–Kier alpha value is -3.28. The fraction of sp³-hybridized carbons (Fsp3) is 0.0526. The Balaban J connectivity index is 1.64. The zero-order valence-corrected chi connectivity index (χ0v) is 13.1. The van der Waals surface area contributed by atoms with Crippen molar-refractivity contribution in [2.24, 2.45) is 0 Å². The first-order valence-corrected chi connectivity index (χ1v) is 7.53. The highest BCUT2D eigenvalue weighted by Gasteiger charge is 2.09. The van der Waals surface area contributed by atoms with Crippen molar-refractivity contribution in [1.82, 2.24) is 10.3 Å². The van der Waals surface area contributed by atoms with Crippen LogP contribution in [0, 0.1) is 11.6 Å². The standard InChI is InChI=1S/C19H14F2N2O2/c20-16-8-7-14(11-17(16)21)19(24)23-12-13-4-3-5-15(10-13)25-18-6-1-2-9-22-18/h1-11H,12H2,(H,23,24). The summed E-state index contributed by atoms with van der Waals surface area (Å²) in [6.07, 6.45) is 1.63. The molecule has 126 valence electrons. The molecular weight excluding hydrogens is 326 g/mol. The molecule has 25 heavy (non-hydrogen) atoms. The number of hydrogen-bond acceptors (Lipinski definition) is 3. The minimum atomic E-state index is -1.06. The number of benzene rings is 2. The third-order valence-corrected chi connectivity index (χ3v) is 3.39. The normalized spacial score (nSPS) is 10.3. The molecule has 6 heteroatoms. The van der Waals surface area contributed by atoms with Crippen LogP contribution >= 0.6 is 0 Å². The number of nitrogens with zero attached hydrogens (tertiary/aromatic N) is 1. The summed E-state index contributed by atoms with van der Waals surface area (Å²) in [5, 5.41) is 2.65. The highest BCUT2D eigenvalue weighted by molar-refractivity contribution is 5.94. The summed E-state index contributed by atoms with van der Waals surface area (Å²) in [7, 11) is 0. The van der Waals surface area contributed by atoms with Gasteiger partial charge in [0.15, 0.2) is 11.6 Å². The van der Waals surface area contributed by atoms with E-state index >= 15 is 0 Å². The number of ether oxygens (including phenoxy) is 1. The van der Waals surface area contributed by atoms with Gasteiger partial charge in [-0.1, -0.05) is 18.2 Å². The highest BCUT2D eigenvalue weighted by Crippen LogP contribution is 2.20. The number of carbonyl (C=O) groups is 1. The van der Waals surface area contributed by atoms with Crippen LogP contribution in [0.3, 0.4) is 0 Å². The van der Waals surface area contributed by atoms with Gasteiger partial charge in [-0.05, 0) is 42.0 Å². The maximum absolute atomic E-state index is 13.2. The molecule has 0 unspecified atom stereocenters. The predicted molar refractivity (Wildman–Crippen MR) is 88.3 cm³/mol.